The highest BCUT2D eigenvalue weighted by atomic mass is 15.3. The molecule has 0 atom stereocenters. The van der Waals surface area contributed by atoms with Crippen LogP contribution in [0.15, 0.2) is 4.99 Å². The lowest BCUT2D eigenvalue weighted by atomic mass is 10.2. The van der Waals surface area contributed by atoms with Gasteiger partial charge in [-0.05, 0) is 19.3 Å². The molecule has 3 N–H and O–H groups in total. The molecule has 1 aliphatic carbocycles. The zero-order valence-electron chi connectivity index (χ0n) is 7.84. The predicted molar refractivity (Wildman–Crippen MR) is 51.9 cm³/mol. The van der Waals surface area contributed by atoms with Crippen LogP contribution in [0, 0.1) is 0 Å². The van der Waals surface area contributed by atoms with Crippen LogP contribution in [0.1, 0.15) is 45.4 Å². The summed E-state index contributed by atoms with van der Waals surface area (Å²) in [5.74, 6) is 6.33. The average molecular weight is 169 g/mol. The van der Waals surface area contributed by atoms with Gasteiger partial charge in [0.25, 0.3) is 0 Å². The van der Waals surface area contributed by atoms with Crippen LogP contribution in [0.4, 0.5) is 0 Å². The Balaban J connectivity index is 2.38. The summed E-state index contributed by atoms with van der Waals surface area (Å²) in [6.45, 7) is 2.14. The Kier molecular flexibility index (Phi) is 4.08. The molecule has 1 rings (SSSR count). The number of amidine groups is 1. The molecule has 0 radical (unpaired) electrons. The van der Waals surface area contributed by atoms with Crippen LogP contribution in [-0.4, -0.2) is 11.9 Å². The van der Waals surface area contributed by atoms with Crippen molar-refractivity contribution in [3.8, 4) is 0 Å². The fourth-order valence-corrected chi connectivity index (χ4v) is 1.66. The minimum atomic E-state index is 0.544. The van der Waals surface area contributed by atoms with Crippen molar-refractivity contribution in [2.45, 2.75) is 51.5 Å². The van der Waals surface area contributed by atoms with Gasteiger partial charge in [0.05, 0.1) is 6.04 Å². The van der Waals surface area contributed by atoms with Gasteiger partial charge in [-0.15, -0.1) is 0 Å². The first-order valence-electron chi connectivity index (χ1n) is 4.90. The zero-order valence-corrected chi connectivity index (χ0v) is 7.84. The highest BCUT2D eigenvalue weighted by Crippen LogP contribution is 2.21. The van der Waals surface area contributed by atoms with Gasteiger partial charge in [-0.1, -0.05) is 19.8 Å². The number of hydrazine groups is 1. The maximum atomic E-state index is 5.36. The standard InChI is InChI=1S/C9H19N3/c1-2-5-9(12-10)11-8-6-3-4-7-8/h8H,2-7,10H2,1H3,(H,11,12). The Bertz CT molecular complexity index is 148. The summed E-state index contributed by atoms with van der Waals surface area (Å²) in [5, 5.41) is 0. The highest BCUT2D eigenvalue weighted by Gasteiger charge is 2.13. The van der Waals surface area contributed by atoms with E-state index in [2.05, 4.69) is 17.3 Å². The average Bonchev–Trinajstić information content (AvgIpc) is 2.56. The van der Waals surface area contributed by atoms with Crippen LogP contribution in [0.5, 0.6) is 0 Å². The summed E-state index contributed by atoms with van der Waals surface area (Å²) >= 11 is 0. The Morgan fingerprint density at radius 3 is 2.67 bits per heavy atom. The van der Waals surface area contributed by atoms with Crippen LogP contribution in [0.2, 0.25) is 0 Å². The Labute approximate surface area is 74.4 Å². The Hall–Kier alpha value is -0.570. The topological polar surface area (TPSA) is 50.4 Å². The molecule has 1 aliphatic rings. The van der Waals surface area contributed by atoms with Crippen molar-refractivity contribution in [2.75, 3.05) is 0 Å². The number of rotatable bonds is 3. The zero-order chi connectivity index (χ0) is 8.81. The van der Waals surface area contributed by atoms with Crippen LogP contribution in [-0.2, 0) is 0 Å². The van der Waals surface area contributed by atoms with Crippen LogP contribution in [0.25, 0.3) is 0 Å². The number of nitrogens with zero attached hydrogens (tertiary/aromatic N) is 1. The van der Waals surface area contributed by atoms with E-state index in [1.54, 1.807) is 0 Å². The third-order valence-electron chi connectivity index (χ3n) is 2.32. The molecular weight excluding hydrogens is 150 g/mol. The van der Waals surface area contributed by atoms with E-state index in [9.17, 15) is 0 Å². The third-order valence-corrected chi connectivity index (χ3v) is 2.32. The second-order valence-electron chi connectivity index (χ2n) is 3.41. The highest BCUT2D eigenvalue weighted by molar-refractivity contribution is 5.81. The van der Waals surface area contributed by atoms with Gasteiger partial charge in [-0.3, -0.25) is 4.99 Å². The summed E-state index contributed by atoms with van der Waals surface area (Å²) in [5.41, 5.74) is 2.68. The van der Waals surface area contributed by atoms with E-state index in [4.69, 9.17) is 5.84 Å². The summed E-state index contributed by atoms with van der Waals surface area (Å²) in [6.07, 6.45) is 7.24. The molecule has 12 heavy (non-hydrogen) atoms. The molecule has 0 unspecified atom stereocenters. The van der Waals surface area contributed by atoms with Crippen molar-refractivity contribution < 1.29 is 0 Å². The molecule has 0 saturated heterocycles. The van der Waals surface area contributed by atoms with Gasteiger partial charge >= 0.3 is 0 Å². The maximum absolute atomic E-state index is 5.36. The summed E-state index contributed by atoms with van der Waals surface area (Å²) in [7, 11) is 0. The number of aliphatic imine (C=N–C) groups is 1. The molecule has 70 valence electrons. The van der Waals surface area contributed by atoms with Gasteiger partial charge in [0.1, 0.15) is 5.84 Å². The molecule has 0 heterocycles. The van der Waals surface area contributed by atoms with Crippen molar-refractivity contribution in [3.05, 3.63) is 0 Å². The van der Waals surface area contributed by atoms with Crippen LogP contribution >= 0.6 is 0 Å². The Morgan fingerprint density at radius 1 is 1.50 bits per heavy atom. The molecule has 1 fully saturated rings. The largest absolute Gasteiger partial charge is 0.312 e. The second kappa shape index (κ2) is 5.14. The molecule has 1 saturated carbocycles. The first-order valence-corrected chi connectivity index (χ1v) is 4.90. The van der Waals surface area contributed by atoms with Gasteiger partial charge in [0.2, 0.25) is 0 Å². The van der Waals surface area contributed by atoms with Gasteiger partial charge in [0, 0.05) is 6.42 Å². The van der Waals surface area contributed by atoms with Crippen molar-refractivity contribution in [3.63, 3.8) is 0 Å². The molecular formula is C9H19N3. The number of nitrogens with two attached hydrogens (primary N) is 1. The van der Waals surface area contributed by atoms with E-state index in [1.807, 2.05) is 0 Å². The molecule has 0 amide bonds. The fraction of sp³-hybridized carbons (Fsp3) is 0.889. The van der Waals surface area contributed by atoms with E-state index in [-0.39, 0.29) is 0 Å². The molecule has 0 aromatic heterocycles. The van der Waals surface area contributed by atoms with E-state index >= 15 is 0 Å². The summed E-state index contributed by atoms with van der Waals surface area (Å²) in [4.78, 5) is 4.56. The van der Waals surface area contributed by atoms with Crippen molar-refractivity contribution in [1.82, 2.24) is 5.43 Å². The minimum absolute atomic E-state index is 0.544. The molecule has 0 spiro atoms. The molecule has 0 aromatic carbocycles. The molecule has 0 aromatic rings. The van der Waals surface area contributed by atoms with Crippen molar-refractivity contribution in [1.29, 1.82) is 0 Å². The summed E-state index contributed by atoms with van der Waals surface area (Å²) in [6, 6.07) is 0.544. The Morgan fingerprint density at radius 2 is 2.17 bits per heavy atom. The van der Waals surface area contributed by atoms with E-state index in [1.165, 1.54) is 25.7 Å². The SMILES string of the molecule is CCCC(=NC1CCCC1)NN. The predicted octanol–water partition coefficient (Wildman–Crippen LogP) is 1.59. The third kappa shape index (κ3) is 2.81. The van der Waals surface area contributed by atoms with E-state index < -0.39 is 0 Å². The lowest BCUT2D eigenvalue weighted by molar-refractivity contribution is 0.693. The molecule has 3 heteroatoms. The second-order valence-corrected chi connectivity index (χ2v) is 3.41. The smallest absolute Gasteiger partial charge is 0.111 e. The van der Waals surface area contributed by atoms with Crippen LogP contribution in [0.3, 0.4) is 0 Å². The van der Waals surface area contributed by atoms with Crippen LogP contribution < -0.4 is 11.3 Å². The summed E-state index contributed by atoms with van der Waals surface area (Å²) < 4.78 is 0. The maximum Gasteiger partial charge on any atom is 0.111 e. The quantitative estimate of drug-likeness (QED) is 0.292. The monoisotopic (exact) mass is 169 g/mol. The first-order chi connectivity index (χ1) is 5.86. The van der Waals surface area contributed by atoms with Gasteiger partial charge < -0.3 is 5.43 Å². The van der Waals surface area contributed by atoms with Crippen molar-refractivity contribution >= 4 is 5.84 Å². The van der Waals surface area contributed by atoms with E-state index in [0.717, 1.165) is 18.7 Å². The van der Waals surface area contributed by atoms with Gasteiger partial charge in [0.15, 0.2) is 0 Å². The number of hydrogen-bond acceptors (Lipinski definition) is 2. The minimum Gasteiger partial charge on any atom is -0.312 e. The van der Waals surface area contributed by atoms with Crippen molar-refractivity contribution in [2.24, 2.45) is 10.8 Å². The normalized spacial score (nSPS) is 20.0. The van der Waals surface area contributed by atoms with E-state index in [0.29, 0.717) is 6.04 Å². The molecule has 3 nitrogen and oxygen atoms in total. The first kappa shape index (κ1) is 9.52. The lowest BCUT2D eigenvalue weighted by Crippen LogP contribution is -2.31. The number of nitrogens with one attached hydrogen (secondary N) is 1. The molecule has 0 aliphatic heterocycles. The fourth-order valence-electron chi connectivity index (χ4n) is 1.66. The molecule has 0 bridgehead atoms. The van der Waals surface area contributed by atoms with Gasteiger partial charge in [-0.25, -0.2) is 5.84 Å². The van der Waals surface area contributed by atoms with Gasteiger partial charge in [-0.2, -0.15) is 0 Å². The number of hydrogen-bond donors (Lipinski definition) is 2. The lowest BCUT2D eigenvalue weighted by Gasteiger charge is -2.07.